The highest BCUT2D eigenvalue weighted by molar-refractivity contribution is 5.92. The van der Waals surface area contributed by atoms with Crippen molar-refractivity contribution in [1.29, 1.82) is 0 Å². The number of benzene rings is 6. The van der Waals surface area contributed by atoms with Gasteiger partial charge in [0.15, 0.2) is 0 Å². The number of rotatable bonds is 2. The van der Waals surface area contributed by atoms with Gasteiger partial charge in [0.05, 0.1) is 0 Å². The summed E-state index contributed by atoms with van der Waals surface area (Å²) < 4.78 is 0. The van der Waals surface area contributed by atoms with Crippen LogP contribution in [-0.2, 0) is 16.2 Å². The summed E-state index contributed by atoms with van der Waals surface area (Å²) in [6, 6.07) is 48.3. The van der Waals surface area contributed by atoms with Crippen LogP contribution >= 0.6 is 0 Å². The molecule has 1 aliphatic carbocycles. The first-order valence-corrected chi connectivity index (χ1v) is 17.3. The summed E-state index contributed by atoms with van der Waals surface area (Å²) in [6.45, 7) is 19.0. The van der Waals surface area contributed by atoms with E-state index in [0.29, 0.717) is 0 Å². The van der Waals surface area contributed by atoms with Gasteiger partial charge in [-0.05, 0) is 96.3 Å². The molecule has 1 heterocycles. The van der Waals surface area contributed by atoms with Gasteiger partial charge in [0.2, 0.25) is 0 Å². The number of nitrogens with one attached hydrogen (secondary N) is 1. The Balaban J connectivity index is 0.000000231. The summed E-state index contributed by atoms with van der Waals surface area (Å²) in [4.78, 5) is 0. The smallest absolute Gasteiger partial charge is 0.0463 e. The third kappa shape index (κ3) is 5.56. The maximum absolute atomic E-state index is 3.36. The minimum Gasteiger partial charge on any atom is -0.355 e. The number of hydrogen-bond donors (Lipinski definition) is 1. The molecule has 8 rings (SSSR count). The van der Waals surface area contributed by atoms with Gasteiger partial charge in [0.25, 0.3) is 0 Å². The van der Waals surface area contributed by atoms with Gasteiger partial charge in [-0.3, -0.25) is 0 Å². The summed E-state index contributed by atoms with van der Waals surface area (Å²) in [7, 11) is 0. The van der Waals surface area contributed by atoms with E-state index in [1.807, 2.05) is 0 Å². The van der Waals surface area contributed by atoms with Crippen LogP contribution in [0.4, 0.5) is 11.4 Å². The van der Waals surface area contributed by atoms with E-state index in [0.717, 1.165) is 0 Å². The highest BCUT2D eigenvalue weighted by Crippen LogP contribution is 2.56. The molecule has 0 saturated carbocycles. The van der Waals surface area contributed by atoms with E-state index in [1.165, 1.54) is 78.1 Å². The van der Waals surface area contributed by atoms with E-state index >= 15 is 0 Å². The number of para-hydroxylation sites is 1. The molecule has 1 nitrogen and oxygen atoms in total. The minimum atomic E-state index is -0.0597. The van der Waals surface area contributed by atoms with Crippen LogP contribution in [-0.4, -0.2) is 0 Å². The summed E-state index contributed by atoms with van der Waals surface area (Å²) in [6.07, 6.45) is 0. The molecule has 1 aliphatic heterocycles. The van der Waals surface area contributed by atoms with Crippen molar-refractivity contribution in [2.24, 2.45) is 0 Å². The molecule has 6 aromatic rings. The minimum absolute atomic E-state index is 0.00985. The fourth-order valence-corrected chi connectivity index (χ4v) is 7.83. The summed E-state index contributed by atoms with van der Waals surface area (Å²) in [5.74, 6) is 0. The Bertz CT molecular complexity index is 2120. The Morgan fingerprint density at radius 2 is 1.06 bits per heavy atom. The van der Waals surface area contributed by atoms with Crippen molar-refractivity contribution in [2.45, 2.75) is 71.6 Å². The molecule has 240 valence electrons. The number of fused-ring (bicyclic) bond motifs is 7. The van der Waals surface area contributed by atoms with Gasteiger partial charge < -0.3 is 5.32 Å². The fourth-order valence-electron chi connectivity index (χ4n) is 7.83. The summed E-state index contributed by atoms with van der Waals surface area (Å²) in [5, 5.41) is 3.36. The molecule has 1 heteroatoms. The molecule has 0 aromatic heterocycles. The van der Waals surface area contributed by atoms with Gasteiger partial charge >= 0.3 is 0 Å². The van der Waals surface area contributed by atoms with Gasteiger partial charge in [-0.1, -0.05) is 165 Å². The Morgan fingerprint density at radius 3 is 1.75 bits per heavy atom. The van der Waals surface area contributed by atoms with Crippen molar-refractivity contribution in [2.75, 3.05) is 5.32 Å². The van der Waals surface area contributed by atoms with Crippen molar-refractivity contribution in [1.82, 2.24) is 0 Å². The average Bonchev–Trinajstić information content (AvgIpc) is 3.30. The zero-order valence-corrected chi connectivity index (χ0v) is 29.7. The largest absolute Gasteiger partial charge is 0.355 e. The van der Waals surface area contributed by atoms with E-state index in [2.05, 4.69) is 194 Å². The van der Waals surface area contributed by atoms with Crippen molar-refractivity contribution in [3.05, 3.63) is 156 Å². The highest BCUT2D eigenvalue weighted by Gasteiger charge is 2.41. The van der Waals surface area contributed by atoms with Gasteiger partial charge in [-0.2, -0.15) is 0 Å². The van der Waals surface area contributed by atoms with Crippen molar-refractivity contribution in [3.8, 4) is 44.5 Å². The number of hydrogen-bond acceptors (Lipinski definition) is 1. The molecule has 6 aromatic carbocycles. The monoisotopic (exact) mass is 625 g/mol. The molecular weight excluding hydrogens is 579 g/mol. The van der Waals surface area contributed by atoms with Gasteiger partial charge in [0.1, 0.15) is 0 Å². The average molecular weight is 626 g/mol. The quantitative estimate of drug-likeness (QED) is 0.202. The highest BCUT2D eigenvalue weighted by atomic mass is 14.9. The molecule has 0 amide bonds. The second-order valence-corrected chi connectivity index (χ2v) is 16.0. The van der Waals surface area contributed by atoms with Crippen molar-refractivity contribution >= 4 is 11.4 Å². The number of anilines is 2. The Morgan fingerprint density at radius 1 is 0.479 bits per heavy atom. The lowest BCUT2D eigenvalue weighted by Crippen LogP contribution is -2.26. The Hall–Kier alpha value is -4.88. The standard InChI is InChI=1S/C35H38.C12H9N/c1-33(2,3)29-22-27-26-16-12-13-17-28(26)35(7,8)31(27)30(32(29)34(4,5)6)25-20-18-24(19-21-25)23-14-10-9-11-15-23;1-2-7-12-11(6-1)9-4-3-5-10(8-9)13-12/h9-22H,1-8H3;1-8,13H. The van der Waals surface area contributed by atoms with Crippen LogP contribution in [0.25, 0.3) is 44.5 Å². The van der Waals surface area contributed by atoms with Crippen LogP contribution in [0.15, 0.2) is 133 Å². The van der Waals surface area contributed by atoms with Crippen LogP contribution in [0.3, 0.4) is 0 Å². The molecule has 0 unspecified atom stereocenters. The lowest BCUT2D eigenvalue weighted by Gasteiger charge is -2.36. The van der Waals surface area contributed by atoms with Crippen LogP contribution in [0.2, 0.25) is 0 Å². The second-order valence-electron chi connectivity index (χ2n) is 16.0. The molecule has 0 spiro atoms. The molecule has 1 N–H and O–H groups in total. The van der Waals surface area contributed by atoms with Crippen molar-refractivity contribution in [3.63, 3.8) is 0 Å². The molecule has 0 fully saturated rings. The normalized spacial score (nSPS) is 13.8. The lowest BCUT2D eigenvalue weighted by atomic mass is 9.67. The molecule has 48 heavy (non-hydrogen) atoms. The second kappa shape index (κ2) is 11.7. The van der Waals surface area contributed by atoms with Gasteiger partial charge in [-0.25, -0.2) is 0 Å². The Labute approximate surface area is 287 Å². The topological polar surface area (TPSA) is 12.0 Å². The van der Waals surface area contributed by atoms with E-state index in [9.17, 15) is 0 Å². The first kappa shape index (κ1) is 31.7. The SMILES string of the molecule is CC(C)(C)c1cc2c(c(-c3ccc(-c4ccccc4)cc3)c1C(C)(C)C)C(C)(C)c1ccccc1-2.c1cc2cc(c1)-c1ccccc1N2. The predicted molar refractivity (Wildman–Crippen MR) is 207 cm³/mol. The van der Waals surface area contributed by atoms with E-state index in [-0.39, 0.29) is 16.2 Å². The zero-order chi connectivity index (χ0) is 33.8. The third-order valence-corrected chi connectivity index (χ3v) is 10.1. The van der Waals surface area contributed by atoms with Crippen LogP contribution in [0.1, 0.15) is 77.6 Å². The molecule has 2 aliphatic rings. The van der Waals surface area contributed by atoms with E-state index in [4.69, 9.17) is 0 Å². The fraction of sp³-hybridized carbons (Fsp3) is 0.234. The molecule has 0 atom stereocenters. The summed E-state index contributed by atoms with van der Waals surface area (Å²) in [5.41, 5.74) is 18.9. The summed E-state index contributed by atoms with van der Waals surface area (Å²) >= 11 is 0. The zero-order valence-electron chi connectivity index (χ0n) is 29.7. The van der Waals surface area contributed by atoms with Crippen molar-refractivity contribution < 1.29 is 0 Å². The molecule has 2 bridgehead atoms. The molecule has 0 radical (unpaired) electrons. The van der Waals surface area contributed by atoms with Crippen LogP contribution in [0, 0.1) is 0 Å². The predicted octanol–water partition coefficient (Wildman–Crippen LogP) is 13.3. The maximum Gasteiger partial charge on any atom is 0.0463 e. The molecular formula is C47H47N. The third-order valence-electron chi connectivity index (χ3n) is 10.1. The first-order valence-electron chi connectivity index (χ1n) is 17.3. The Kier molecular flexibility index (Phi) is 7.71. The van der Waals surface area contributed by atoms with Crippen LogP contribution in [0.5, 0.6) is 0 Å². The van der Waals surface area contributed by atoms with Gasteiger partial charge in [0, 0.05) is 22.4 Å². The van der Waals surface area contributed by atoms with E-state index in [1.54, 1.807) is 0 Å². The van der Waals surface area contributed by atoms with Gasteiger partial charge in [-0.15, -0.1) is 0 Å². The van der Waals surface area contributed by atoms with Crippen LogP contribution < -0.4 is 5.32 Å². The first-order chi connectivity index (χ1) is 22.8. The maximum atomic E-state index is 3.36. The molecule has 0 saturated heterocycles. The lowest BCUT2D eigenvalue weighted by molar-refractivity contribution is 0.529. The van der Waals surface area contributed by atoms with E-state index < -0.39 is 0 Å².